The second kappa shape index (κ2) is 8.45. The monoisotopic (exact) mass is 360 g/mol. The van der Waals surface area contributed by atoms with Gasteiger partial charge in [0.25, 0.3) is 5.91 Å². The van der Waals surface area contributed by atoms with Crippen molar-refractivity contribution in [2.24, 2.45) is 0 Å². The maximum absolute atomic E-state index is 13.8. The van der Waals surface area contributed by atoms with Crippen LogP contribution in [0.15, 0.2) is 48.5 Å². The Morgan fingerprint density at radius 3 is 2.44 bits per heavy atom. The van der Waals surface area contributed by atoms with Gasteiger partial charge in [0.05, 0.1) is 11.6 Å². The summed E-state index contributed by atoms with van der Waals surface area (Å²) in [6.45, 7) is 2.44. The van der Waals surface area contributed by atoms with Crippen LogP contribution in [-0.2, 0) is 0 Å². The van der Waals surface area contributed by atoms with Gasteiger partial charge in [0.15, 0.2) is 0 Å². The largest absolute Gasteiger partial charge is 0.350 e. The number of carbonyl (C=O) groups is 1. The summed E-state index contributed by atoms with van der Waals surface area (Å²) in [7, 11) is 0. The normalized spacial score (nSPS) is 16.4. The molecule has 2 aromatic rings. The van der Waals surface area contributed by atoms with Crippen LogP contribution in [0.4, 0.5) is 4.39 Å². The number of benzene rings is 2. The van der Waals surface area contributed by atoms with E-state index in [-0.39, 0.29) is 17.5 Å². The van der Waals surface area contributed by atoms with Gasteiger partial charge in [0.1, 0.15) is 5.82 Å². The molecule has 1 amide bonds. The Bertz CT molecular complexity index is 714. The summed E-state index contributed by atoms with van der Waals surface area (Å²) in [5.74, 6) is -0.880. The van der Waals surface area contributed by atoms with E-state index in [0.717, 1.165) is 31.5 Å². The molecule has 2 aromatic carbocycles. The standard InChI is InChI=1S/C20H22ClFN2O/c21-16-10-8-15(9-11-16)19(24-12-4-1-5-13-24)14-23-20(25)17-6-2-3-7-18(17)22/h2-3,6-11,19H,1,4-5,12-14H2,(H,23,25)/t19-/m1/s1. The highest BCUT2D eigenvalue weighted by Crippen LogP contribution is 2.25. The number of hydrogen-bond donors (Lipinski definition) is 1. The summed E-state index contributed by atoms with van der Waals surface area (Å²) < 4.78 is 13.8. The lowest BCUT2D eigenvalue weighted by molar-refractivity contribution is 0.0920. The van der Waals surface area contributed by atoms with Crippen molar-refractivity contribution in [3.63, 3.8) is 0 Å². The highest BCUT2D eigenvalue weighted by atomic mass is 35.5. The lowest BCUT2D eigenvalue weighted by atomic mass is 10.0. The van der Waals surface area contributed by atoms with E-state index in [1.807, 2.05) is 24.3 Å². The molecule has 1 N–H and O–H groups in total. The van der Waals surface area contributed by atoms with Crippen LogP contribution in [0.25, 0.3) is 0 Å². The van der Waals surface area contributed by atoms with Crippen molar-refractivity contribution < 1.29 is 9.18 Å². The number of halogens is 2. The number of nitrogens with zero attached hydrogens (tertiary/aromatic N) is 1. The van der Waals surface area contributed by atoms with E-state index in [2.05, 4.69) is 10.2 Å². The molecule has 0 saturated carbocycles. The fraction of sp³-hybridized carbons (Fsp3) is 0.350. The lowest BCUT2D eigenvalue weighted by Gasteiger charge is -2.35. The van der Waals surface area contributed by atoms with Crippen LogP contribution >= 0.6 is 11.6 Å². The van der Waals surface area contributed by atoms with Crippen LogP contribution in [0.5, 0.6) is 0 Å². The van der Waals surface area contributed by atoms with E-state index in [9.17, 15) is 9.18 Å². The molecular formula is C20H22ClFN2O. The first-order chi connectivity index (χ1) is 12.1. The van der Waals surface area contributed by atoms with Crippen molar-refractivity contribution in [3.8, 4) is 0 Å². The topological polar surface area (TPSA) is 32.3 Å². The number of carbonyl (C=O) groups excluding carboxylic acids is 1. The highest BCUT2D eigenvalue weighted by Gasteiger charge is 2.23. The number of piperidine rings is 1. The van der Waals surface area contributed by atoms with Crippen LogP contribution in [0, 0.1) is 5.82 Å². The average Bonchev–Trinajstić information content (AvgIpc) is 2.64. The maximum Gasteiger partial charge on any atom is 0.254 e. The van der Waals surface area contributed by atoms with Crippen molar-refractivity contribution in [3.05, 3.63) is 70.5 Å². The van der Waals surface area contributed by atoms with Crippen LogP contribution in [0.2, 0.25) is 5.02 Å². The number of hydrogen-bond acceptors (Lipinski definition) is 2. The Morgan fingerprint density at radius 1 is 1.08 bits per heavy atom. The fourth-order valence-electron chi connectivity index (χ4n) is 3.30. The molecule has 1 fully saturated rings. The van der Waals surface area contributed by atoms with E-state index < -0.39 is 5.82 Å². The van der Waals surface area contributed by atoms with Gasteiger partial charge in [-0.15, -0.1) is 0 Å². The first-order valence-corrected chi connectivity index (χ1v) is 9.05. The summed E-state index contributed by atoms with van der Waals surface area (Å²) in [6, 6.07) is 13.8. The summed E-state index contributed by atoms with van der Waals surface area (Å²) in [5.41, 5.74) is 1.19. The first-order valence-electron chi connectivity index (χ1n) is 8.67. The lowest BCUT2D eigenvalue weighted by Crippen LogP contribution is -2.40. The SMILES string of the molecule is O=C(NC[C@H](c1ccc(Cl)cc1)N1CCCCC1)c1ccccc1F. The number of amides is 1. The molecule has 1 aliphatic rings. The van der Waals surface area contributed by atoms with E-state index >= 15 is 0 Å². The molecule has 1 atom stereocenters. The zero-order valence-corrected chi connectivity index (χ0v) is 14.8. The van der Waals surface area contributed by atoms with Gasteiger partial charge in [0, 0.05) is 11.6 Å². The van der Waals surface area contributed by atoms with Gasteiger partial charge in [-0.05, 0) is 55.8 Å². The van der Waals surface area contributed by atoms with Crippen molar-refractivity contribution in [2.45, 2.75) is 25.3 Å². The van der Waals surface area contributed by atoms with Crippen molar-refractivity contribution in [1.82, 2.24) is 10.2 Å². The molecule has 5 heteroatoms. The third-order valence-corrected chi connectivity index (χ3v) is 4.91. The maximum atomic E-state index is 13.8. The van der Waals surface area contributed by atoms with E-state index in [0.29, 0.717) is 11.6 Å². The summed E-state index contributed by atoms with van der Waals surface area (Å²) in [4.78, 5) is 14.7. The summed E-state index contributed by atoms with van der Waals surface area (Å²) in [6.07, 6.45) is 3.56. The molecule has 1 heterocycles. The van der Waals surface area contributed by atoms with Crippen LogP contribution < -0.4 is 5.32 Å². The van der Waals surface area contributed by atoms with Crippen molar-refractivity contribution in [2.75, 3.05) is 19.6 Å². The third kappa shape index (κ3) is 4.59. The van der Waals surface area contributed by atoms with Crippen LogP contribution in [-0.4, -0.2) is 30.4 Å². The van der Waals surface area contributed by atoms with Gasteiger partial charge in [-0.3, -0.25) is 9.69 Å². The van der Waals surface area contributed by atoms with Crippen molar-refractivity contribution >= 4 is 17.5 Å². The Kier molecular flexibility index (Phi) is 6.05. The number of rotatable bonds is 5. The molecule has 3 nitrogen and oxygen atoms in total. The molecule has 0 radical (unpaired) electrons. The average molecular weight is 361 g/mol. The molecule has 132 valence electrons. The molecule has 1 saturated heterocycles. The van der Waals surface area contributed by atoms with E-state index in [1.165, 1.54) is 18.6 Å². The quantitative estimate of drug-likeness (QED) is 0.855. The summed E-state index contributed by atoms with van der Waals surface area (Å²) in [5, 5.41) is 3.59. The number of likely N-dealkylation sites (tertiary alicyclic amines) is 1. The van der Waals surface area contributed by atoms with Gasteiger partial charge in [-0.1, -0.05) is 42.3 Å². The minimum Gasteiger partial charge on any atom is -0.350 e. The highest BCUT2D eigenvalue weighted by molar-refractivity contribution is 6.30. The molecule has 0 bridgehead atoms. The minimum absolute atomic E-state index is 0.0632. The Morgan fingerprint density at radius 2 is 1.76 bits per heavy atom. The van der Waals surface area contributed by atoms with E-state index in [1.54, 1.807) is 12.1 Å². The van der Waals surface area contributed by atoms with Crippen LogP contribution in [0.1, 0.15) is 41.2 Å². The Balaban J connectivity index is 1.74. The zero-order valence-electron chi connectivity index (χ0n) is 14.1. The second-order valence-corrected chi connectivity index (χ2v) is 6.79. The smallest absolute Gasteiger partial charge is 0.254 e. The van der Waals surface area contributed by atoms with Gasteiger partial charge in [-0.2, -0.15) is 0 Å². The molecule has 3 rings (SSSR count). The molecule has 1 aliphatic heterocycles. The second-order valence-electron chi connectivity index (χ2n) is 6.35. The molecule has 0 aromatic heterocycles. The van der Waals surface area contributed by atoms with Gasteiger partial charge >= 0.3 is 0 Å². The molecule has 0 unspecified atom stereocenters. The predicted octanol–water partition coefficient (Wildman–Crippen LogP) is 4.44. The predicted molar refractivity (Wildman–Crippen MR) is 98.4 cm³/mol. The van der Waals surface area contributed by atoms with Gasteiger partial charge < -0.3 is 5.32 Å². The molecular weight excluding hydrogens is 339 g/mol. The van der Waals surface area contributed by atoms with Crippen molar-refractivity contribution in [1.29, 1.82) is 0 Å². The van der Waals surface area contributed by atoms with Gasteiger partial charge in [-0.25, -0.2) is 4.39 Å². The number of nitrogens with one attached hydrogen (secondary N) is 1. The molecule has 25 heavy (non-hydrogen) atoms. The molecule has 0 aliphatic carbocycles. The zero-order chi connectivity index (χ0) is 17.6. The van der Waals surface area contributed by atoms with E-state index in [4.69, 9.17) is 11.6 Å². The van der Waals surface area contributed by atoms with Crippen LogP contribution in [0.3, 0.4) is 0 Å². The molecule has 0 spiro atoms. The first kappa shape index (κ1) is 17.9. The fourth-order valence-corrected chi connectivity index (χ4v) is 3.43. The Hall–Kier alpha value is -1.91. The van der Waals surface area contributed by atoms with Gasteiger partial charge in [0.2, 0.25) is 0 Å². The minimum atomic E-state index is -0.499. The third-order valence-electron chi connectivity index (χ3n) is 4.66. The summed E-state index contributed by atoms with van der Waals surface area (Å²) >= 11 is 6.00. The Labute approximate surface area is 152 Å².